The van der Waals surface area contributed by atoms with Gasteiger partial charge in [0.25, 0.3) is 0 Å². The quantitative estimate of drug-likeness (QED) is 0.400. The van der Waals surface area contributed by atoms with Gasteiger partial charge in [-0.15, -0.1) is 0 Å². The van der Waals surface area contributed by atoms with Gasteiger partial charge >= 0.3 is 18.3 Å². The van der Waals surface area contributed by atoms with Crippen molar-refractivity contribution in [1.29, 1.82) is 0 Å². The first-order valence-corrected chi connectivity index (χ1v) is 5.31. The van der Waals surface area contributed by atoms with Gasteiger partial charge in [-0.1, -0.05) is 12.1 Å². The van der Waals surface area contributed by atoms with E-state index in [1.54, 1.807) is 0 Å². The number of carbonyl (C=O) groups is 1. The average Bonchev–Trinajstić information content (AvgIpc) is 2.34. The number of aliphatic hydroxyl groups is 1. The van der Waals surface area contributed by atoms with Gasteiger partial charge in [0.15, 0.2) is 6.61 Å². The molecule has 0 saturated heterocycles. The van der Waals surface area contributed by atoms with Crippen LogP contribution in [0.5, 0.6) is 0 Å². The fourth-order valence-electron chi connectivity index (χ4n) is 1.22. The third-order valence-electron chi connectivity index (χ3n) is 2.14. The largest absolute Gasteiger partial charge is 0.507 e. The Morgan fingerprint density at radius 2 is 1.62 bits per heavy atom. The van der Waals surface area contributed by atoms with E-state index < -0.39 is 36.3 Å². The van der Waals surface area contributed by atoms with E-state index in [1.165, 1.54) is 0 Å². The molecule has 0 radical (unpaired) electrons. The van der Waals surface area contributed by atoms with Crippen molar-refractivity contribution in [2.75, 3.05) is 6.61 Å². The first-order chi connectivity index (χ1) is 9.49. The molecular weight excluding hydrogens is 306 g/mol. The van der Waals surface area contributed by atoms with Crippen LogP contribution < -0.4 is 0 Å². The van der Waals surface area contributed by atoms with E-state index in [0.717, 1.165) is 12.1 Å². The van der Waals surface area contributed by atoms with Gasteiger partial charge in [0.2, 0.25) is 0 Å². The minimum atomic E-state index is -4.71. The Hall–Kier alpha value is -2.19. The number of alkyl halides is 6. The highest BCUT2D eigenvalue weighted by molar-refractivity contribution is 5.89. The van der Waals surface area contributed by atoms with Crippen molar-refractivity contribution >= 4 is 11.7 Å². The van der Waals surface area contributed by atoms with Crippen LogP contribution in [-0.2, 0) is 15.7 Å². The summed E-state index contributed by atoms with van der Waals surface area (Å²) in [4.78, 5) is 11.0. The second-order valence-electron chi connectivity index (χ2n) is 3.83. The molecular formula is C12H8F6O3. The minimum absolute atomic E-state index is 0.174. The number of rotatable bonds is 3. The lowest BCUT2D eigenvalue weighted by Gasteiger charge is -2.08. The van der Waals surface area contributed by atoms with Crippen LogP contribution in [0.2, 0.25) is 0 Å². The van der Waals surface area contributed by atoms with Gasteiger partial charge in [0.05, 0.1) is 11.6 Å². The van der Waals surface area contributed by atoms with E-state index in [0.29, 0.717) is 18.2 Å². The maximum Gasteiger partial charge on any atom is 0.422 e. The maximum absolute atomic E-state index is 12.3. The summed E-state index contributed by atoms with van der Waals surface area (Å²) >= 11 is 0. The summed E-state index contributed by atoms with van der Waals surface area (Å²) in [5.74, 6) is -2.28. The highest BCUT2D eigenvalue weighted by atomic mass is 19.4. The van der Waals surface area contributed by atoms with Crippen molar-refractivity contribution < 1.29 is 41.0 Å². The minimum Gasteiger partial charge on any atom is -0.507 e. The molecule has 1 aromatic carbocycles. The second kappa shape index (κ2) is 6.06. The Bertz CT molecular complexity index is 527. The SMILES string of the molecule is O=C(C=C(O)c1ccc(C(F)(F)F)cc1)OCC(F)(F)F. The van der Waals surface area contributed by atoms with E-state index in [4.69, 9.17) is 0 Å². The van der Waals surface area contributed by atoms with Gasteiger partial charge < -0.3 is 9.84 Å². The van der Waals surface area contributed by atoms with Gasteiger partial charge in [-0.3, -0.25) is 0 Å². The highest BCUT2D eigenvalue weighted by Gasteiger charge is 2.30. The van der Waals surface area contributed by atoms with Crippen LogP contribution in [-0.4, -0.2) is 23.9 Å². The van der Waals surface area contributed by atoms with Crippen LogP contribution in [0.25, 0.3) is 5.76 Å². The smallest absolute Gasteiger partial charge is 0.422 e. The summed E-state index contributed by atoms with van der Waals surface area (Å²) in [6.45, 7) is -1.83. The van der Waals surface area contributed by atoms with Crippen LogP contribution in [0.3, 0.4) is 0 Å². The molecule has 116 valence electrons. The van der Waals surface area contributed by atoms with E-state index in [9.17, 15) is 36.2 Å². The molecule has 21 heavy (non-hydrogen) atoms. The van der Waals surface area contributed by atoms with Crippen molar-refractivity contribution in [3.8, 4) is 0 Å². The molecule has 0 unspecified atom stereocenters. The molecule has 0 amide bonds. The Morgan fingerprint density at radius 1 is 1.10 bits per heavy atom. The maximum atomic E-state index is 12.3. The lowest BCUT2D eigenvalue weighted by atomic mass is 10.1. The first kappa shape index (κ1) is 16.9. The topological polar surface area (TPSA) is 46.5 Å². The van der Waals surface area contributed by atoms with Gasteiger partial charge in [-0.2, -0.15) is 26.3 Å². The number of ether oxygens (including phenoxy) is 1. The van der Waals surface area contributed by atoms with E-state index in [-0.39, 0.29) is 5.56 Å². The normalized spacial score (nSPS) is 13.1. The molecule has 0 aromatic heterocycles. The zero-order valence-corrected chi connectivity index (χ0v) is 10.1. The predicted octanol–water partition coefficient (Wildman–Crippen LogP) is 3.71. The van der Waals surface area contributed by atoms with Crippen molar-refractivity contribution in [3.05, 3.63) is 41.5 Å². The third kappa shape index (κ3) is 5.76. The molecule has 0 atom stereocenters. The van der Waals surface area contributed by atoms with Gasteiger partial charge in [0.1, 0.15) is 5.76 Å². The standard InChI is InChI=1S/C12H8F6O3/c13-11(14,15)6-21-10(20)5-9(19)7-1-3-8(4-2-7)12(16,17)18/h1-5,19H,6H2. The van der Waals surface area contributed by atoms with Crippen LogP contribution in [0.15, 0.2) is 30.3 Å². The molecule has 1 aromatic rings. The summed E-state index contributed by atoms with van der Waals surface area (Å²) in [5, 5.41) is 9.41. The number of hydrogen-bond acceptors (Lipinski definition) is 3. The van der Waals surface area contributed by atoms with Crippen LogP contribution in [0.1, 0.15) is 11.1 Å². The zero-order valence-electron chi connectivity index (χ0n) is 10.1. The highest BCUT2D eigenvalue weighted by Crippen LogP contribution is 2.29. The third-order valence-corrected chi connectivity index (χ3v) is 2.14. The fourth-order valence-corrected chi connectivity index (χ4v) is 1.22. The molecule has 3 nitrogen and oxygen atoms in total. The Morgan fingerprint density at radius 3 is 2.05 bits per heavy atom. The number of esters is 1. The summed E-state index contributed by atoms with van der Waals surface area (Å²) in [6.07, 6.45) is -8.94. The Balaban J connectivity index is 2.76. The molecule has 0 fully saturated rings. The van der Waals surface area contributed by atoms with Crippen molar-refractivity contribution in [2.24, 2.45) is 0 Å². The molecule has 0 aliphatic carbocycles. The van der Waals surface area contributed by atoms with Gasteiger partial charge in [-0.25, -0.2) is 4.79 Å². The molecule has 0 aliphatic heterocycles. The summed E-state index contributed by atoms with van der Waals surface area (Å²) in [5.41, 5.74) is -1.15. The lowest BCUT2D eigenvalue weighted by Crippen LogP contribution is -2.19. The summed E-state index contributed by atoms with van der Waals surface area (Å²) < 4.78 is 75.9. The van der Waals surface area contributed by atoms with Crippen molar-refractivity contribution in [2.45, 2.75) is 12.4 Å². The van der Waals surface area contributed by atoms with Crippen LogP contribution >= 0.6 is 0 Å². The van der Waals surface area contributed by atoms with Crippen LogP contribution in [0, 0.1) is 0 Å². The Kier molecular flexibility index (Phi) is 4.87. The van der Waals surface area contributed by atoms with Gasteiger partial charge in [-0.05, 0) is 12.1 Å². The van der Waals surface area contributed by atoms with E-state index in [2.05, 4.69) is 4.74 Å². The summed E-state index contributed by atoms with van der Waals surface area (Å²) in [7, 11) is 0. The van der Waals surface area contributed by atoms with Crippen molar-refractivity contribution in [3.63, 3.8) is 0 Å². The molecule has 0 spiro atoms. The molecule has 9 heteroatoms. The number of aliphatic hydroxyl groups excluding tert-OH is 1. The predicted molar refractivity (Wildman–Crippen MR) is 59.1 cm³/mol. The molecule has 0 heterocycles. The monoisotopic (exact) mass is 314 g/mol. The Labute approximate surface area is 114 Å². The average molecular weight is 314 g/mol. The second-order valence-corrected chi connectivity index (χ2v) is 3.83. The molecule has 1 N–H and O–H groups in total. The number of carbonyl (C=O) groups excluding carboxylic acids is 1. The summed E-state index contributed by atoms with van der Waals surface area (Å²) in [6, 6.07) is 3.04. The fraction of sp³-hybridized carbons (Fsp3) is 0.250. The zero-order chi connectivity index (χ0) is 16.3. The molecule has 0 aliphatic rings. The number of halogens is 6. The van der Waals surface area contributed by atoms with Gasteiger partial charge in [0, 0.05) is 5.56 Å². The van der Waals surface area contributed by atoms with E-state index >= 15 is 0 Å². The number of benzene rings is 1. The molecule has 0 saturated carbocycles. The number of hydrogen-bond donors (Lipinski definition) is 1. The molecule has 1 rings (SSSR count). The van der Waals surface area contributed by atoms with E-state index in [1.807, 2.05) is 0 Å². The molecule has 0 bridgehead atoms. The van der Waals surface area contributed by atoms with Crippen LogP contribution in [0.4, 0.5) is 26.3 Å². The van der Waals surface area contributed by atoms with Crippen molar-refractivity contribution in [1.82, 2.24) is 0 Å². The first-order valence-electron chi connectivity index (χ1n) is 5.31. The lowest BCUT2D eigenvalue weighted by molar-refractivity contribution is -0.182.